The first-order valence-corrected chi connectivity index (χ1v) is 6.65. The van der Waals surface area contributed by atoms with Crippen molar-refractivity contribution in [3.63, 3.8) is 0 Å². The van der Waals surface area contributed by atoms with Gasteiger partial charge in [-0.3, -0.25) is 0 Å². The van der Waals surface area contributed by atoms with Crippen LogP contribution in [-0.4, -0.2) is 4.57 Å². The van der Waals surface area contributed by atoms with Gasteiger partial charge in [-0.25, -0.2) is 13.3 Å². The SMILES string of the molecule is CCC[n+]1cn(-c2ccc(F)cc2F)c2ccccc21. The Hall–Kier alpha value is -2.23. The van der Waals surface area contributed by atoms with E-state index in [1.165, 1.54) is 12.1 Å². The van der Waals surface area contributed by atoms with Gasteiger partial charge in [-0.1, -0.05) is 19.1 Å². The third kappa shape index (κ3) is 2.07. The number of benzene rings is 2. The molecule has 3 aromatic rings. The van der Waals surface area contributed by atoms with Crippen LogP contribution in [0.15, 0.2) is 48.8 Å². The molecule has 0 unspecified atom stereocenters. The van der Waals surface area contributed by atoms with Gasteiger partial charge in [0.2, 0.25) is 6.33 Å². The first-order chi connectivity index (χ1) is 9.70. The fourth-order valence-corrected chi connectivity index (χ4v) is 2.46. The molecule has 0 atom stereocenters. The molecule has 2 aromatic carbocycles. The van der Waals surface area contributed by atoms with Gasteiger partial charge in [-0.15, -0.1) is 0 Å². The summed E-state index contributed by atoms with van der Waals surface area (Å²) in [5, 5.41) is 0. The van der Waals surface area contributed by atoms with Gasteiger partial charge in [0, 0.05) is 6.07 Å². The van der Waals surface area contributed by atoms with Crippen LogP contribution in [0.25, 0.3) is 16.7 Å². The molecule has 0 aliphatic heterocycles. The lowest BCUT2D eigenvalue weighted by Crippen LogP contribution is -2.31. The van der Waals surface area contributed by atoms with E-state index in [1.807, 2.05) is 30.6 Å². The summed E-state index contributed by atoms with van der Waals surface area (Å²) in [7, 11) is 0. The van der Waals surface area contributed by atoms with Crippen molar-refractivity contribution in [3.8, 4) is 5.69 Å². The molecular weight excluding hydrogens is 258 g/mol. The minimum Gasteiger partial charge on any atom is -0.230 e. The lowest BCUT2D eigenvalue weighted by molar-refractivity contribution is -0.671. The number of imidazole rings is 1. The van der Waals surface area contributed by atoms with Crippen LogP contribution in [0.4, 0.5) is 8.78 Å². The monoisotopic (exact) mass is 273 g/mol. The standard InChI is InChI=1S/C16H15F2N2/c1-2-9-19-11-20(16-6-4-3-5-15(16)19)14-8-7-12(17)10-13(14)18/h3-8,10-11H,2,9H2,1H3/q+1. The molecule has 2 nitrogen and oxygen atoms in total. The second-order valence-electron chi connectivity index (χ2n) is 4.76. The number of hydrogen-bond acceptors (Lipinski definition) is 0. The summed E-state index contributed by atoms with van der Waals surface area (Å²) in [5.41, 5.74) is 2.31. The molecule has 0 fully saturated rings. The first-order valence-electron chi connectivity index (χ1n) is 6.65. The highest BCUT2D eigenvalue weighted by Gasteiger charge is 2.19. The molecule has 0 bridgehead atoms. The molecule has 0 saturated carbocycles. The first kappa shape index (κ1) is 12.8. The van der Waals surface area contributed by atoms with Gasteiger partial charge in [0.25, 0.3) is 0 Å². The van der Waals surface area contributed by atoms with Crippen LogP contribution in [-0.2, 0) is 6.54 Å². The zero-order chi connectivity index (χ0) is 14.1. The summed E-state index contributed by atoms with van der Waals surface area (Å²) in [6.45, 7) is 2.95. The second-order valence-corrected chi connectivity index (χ2v) is 4.76. The largest absolute Gasteiger partial charge is 0.250 e. The highest BCUT2D eigenvalue weighted by Crippen LogP contribution is 2.20. The van der Waals surface area contributed by atoms with Crippen molar-refractivity contribution in [1.82, 2.24) is 4.57 Å². The van der Waals surface area contributed by atoms with E-state index in [0.717, 1.165) is 30.1 Å². The van der Waals surface area contributed by atoms with Gasteiger partial charge in [0.1, 0.15) is 5.82 Å². The van der Waals surface area contributed by atoms with Crippen molar-refractivity contribution in [2.24, 2.45) is 0 Å². The summed E-state index contributed by atoms with van der Waals surface area (Å²) in [6.07, 6.45) is 2.86. The highest BCUT2D eigenvalue weighted by atomic mass is 19.1. The van der Waals surface area contributed by atoms with E-state index in [1.54, 1.807) is 4.57 Å². The molecule has 0 radical (unpaired) electrons. The molecule has 20 heavy (non-hydrogen) atoms. The van der Waals surface area contributed by atoms with Crippen molar-refractivity contribution >= 4 is 11.0 Å². The maximum absolute atomic E-state index is 14.0. The van der Waals surface area contributed by atoms with E-state index in [2.05, 4.69) is 11.5 Å². The number of aryl methyl sites for hydroxylation is 1. The van der Waals surface area contributed by atoms with Gasteiger partial charge in [-0.2, -0.15) is 4.57 Å². The Kier molecular flexibility index (Phi) is 3.22. The molecule has 4 heteroatoms. The molecule has 0 aliphatic carbocycles. The Bertz CT molecular complexity index is 762. The third-order valence-electron chi connectivity index (χ3n) is 3.34. The lowest BCUT2D eigenvalue weighted by Gasteiger charge is -1.99. The predicted octanol–water partition coefficient (Wildman–Crippen LogP) is 3.61. The van der Waals surface area contributed by atoms with E-state index in [9.17, 15) is 8.78 Å². The molecular formula is C16H15F2N2+. The summed E-state index contributed by atoms with van der Waals surface area (Å²) in [4.78, 5) is 0. The molecule has 0 spiro atoms. The smallest absolute Gasteiger partial charge is 0.230 e. The fourth-order valence-electron chi connectivity index (χ4n) is 2.46. The molecule has 1 heterocycles. The van der Waals surface area contributed by atoms with Crippen LogP contribution in [0.1, 0.15) is 13.3 Å². The van der Waals surface area contributed by atoms with Gasteiger partial charge < -0.3 is 0 Å². The Morgan fingerprint density at radius 3 is 2.65 bits per heavy atom. The summed E-state index contributed by atoms with van der Waals surface area (Å²) >= 11 is 0. The fraction of sp³-hybridized carbons (Fsp3) is 0.188. The van der Waals surface area contributed by atoms with Crippen molar-refractivity contribution in [1.29, 1.82) is 0 Å². The van der Waals surface area contributed by atoms with E-state index < -0.39 is 11.6 Å². The molecule has 0 saturated heterocycles. The van der Waals surface area contributed by atoms with Crippen molar-refractivity contribution in [3.05, 3.63) is 60.4 Å². The normalized spacial score (nSPS) is 11.2. The van der Waals surface area contributed by atoms with Crippen LogP contribution in [0, 0.1) is 11.6 Å². The van der Waals surface area contributed by atoms with Crippen LogP contribution >= 0.6 is 0 Å². The van der Waals surface area contributed by atoms with Crippen LogP contribution < -0.4 is 4.57 Å². The average Bonchev–Trinajstić information content (AvgIpc) is 2.79. The summed E-state index contributed by atoms with van der Waals surface area (Å²) < 4.78 is 30.9. The Morgan fingerprint density at radius 2 is 1.90 bits per heavy atom. The molecule has 1 aromatic heterocycles. The predicted molar refractivity (Wildman–Crippen MR) is 73.7 cm³/mol. The average molecular weight is 273 g/mol. The molecule has 102 valence electrons. The van der Waals surface area contributed by atoms with E-state index >= 15 is 0 Å². The number of halogens is 2. The van der Waals surface area contributed by atoms with E-state index in [4.69, 9.17) is 0 Å². The molecule has 0 N–H and O–H groups in total. The van der Waals surface area contributed by atoms with Gasteiger partial charge in [0.15, 0.2) is 22.5 Å². The Labute approximate surface area is 115 Å². The number of hydrogen-bond donors (Lipinski definition) is 0. The van der Waals surface area contributed by atoms with Crippen molar-refractivity contribution in [2.45, 2.75) is 19.9 Å². The quantitative estimate of drug-likeness (QED) is 0.645. The Morgan fingerprint density at radius 1 is 1.10 bits per heavy atom. The summed E-state index contributed by atoms with van der Waals surface area (Å²) in [6, 6.07) is 11.5. The van der Waals surface area contributed by atoms with E-state index in [-0.39, 0.29) is 0 Å². The van der Waals surface area contributed by atoms with Crippen LogP contribution in [0.3, 0.4) is 0 Å². The maximum Gasteiger partial charge on any atom is 0.250 e. The summed E-state index contributed by atoms with van der Waals surface area (Å²) in [5.74, 6) is -1.13. The highest BCUT2D eigenvalue weighted by molar-refractivity contribution is 5.74. The third-order valence-corrected chi connectivity index (χ3v) is 3.34. The van der Waals surface area contributed by atoms with Gasteiger partial charge >= 0.3 is 0 Å². The number of nitrogens with zero attached hydrogens (tertiary/aromatic N) is 2. The topological polar surface area (TPSA) is 8.81 Å². The van der Waals surface area contributed by atoms with Crippen molar-refractivity contribution < 1.29 is 13.3 Å². The number of aromatic nitrogens is 2. The van der Waals surface area contributed by atoms with E-state index in [0.29, 0.717) is 5.69 Å². The zero-order valence-electron chi connectivity index (χ0n) is 11.2. The minimum atomic E-state index is -0.566. The molecule has 3 rings (SSSR count). The molecule has 0 aliphatic rings. The van der Waals surface area contributed by atoms with Gasteiger partial charge in [0.05, 0.1) is 6.54 Å². The molecule has 0 amide bonds. The van der Waals surface area contributed by atoms with Crippen LogP contribution in [0.2, 0.25) is 0 Å². The number of para-hydroxylation sites is 2. The van der Waals surface area contributed by atoms with Gasteiger partial charge in [-0.05, 0) is 30.7 Å². The Balaban J connectivity index is 2.25. The number of rotatable bonds is 3. The maximum atomic E-state index is 14.0. The van der Waals surface area contributed by atoms with Crippen LogP contribution in [0.5, 0.6) is 0 Å². The van der Waals surface area contributed by atoms with Crippen molar-refractivity contribution in [2.75, 3.05) is 0 Å². The minimum absolute atomic E-state index is 0.359. The number of fused-ring (bicyclic) bond motifs is 1. The zero-order valence-corrected chi connectivity index (χ0v) is 11.2. The second kappa shape index (κ2) is 5.04. The lowest BCUT2D eigenvalue weighted by atomic mass is 10.2.